The molecule has 1 aliphatic rings. The van der Waals surface area contributed by atoms with Crippen LogP contribution in [0.25, 0.3) is 11.1 Å². The highest BCUT2D eigenvalue weighted by Gasteiger charge is 2.39. The van der Waals surface area contributed by atoms with Crippen LogP contribution < -0.4 is 5.73 Å². The number of hydrogen-bond acceptors (Lipinski definition) is 1. The maximum absolute atomic E-state index is 14.1. The van der Waals surface area contributed by atoms with Crippen LogP contribution in [0, 0.1) is 11.6 Å². The van der Waals surface area contributed by atoms with Crippen LogP contribution in [0.3, 0.4) is 0 Å². The Morgan fingerprint density at radius 2 is 1.60 bits per heavy atom. The van der Waals surface area contributed by atoms with Gasteiger partial charge in [0.2, 0.25) is 0 Å². The van der Waals surface area contributed by atoms with Gasteiger partial charge in [0.25, 0.3) is 0 Å². The largest absolute Gasteiger partial charge is 0.330 e. The summed E-state index contributed by atoms with van der Waals surface area (Å²) in [5.74, 6) is -0.463. The Bertz CT molecular complexity index is 610. The van der Waals surface area contributed by atoms with E-state index in [1.54, 1.807) is 18.2 Å². The number of hydrogen-bond donors (Lipinski definition) is 1. The SMILES string of the molecule is NCC1(c2cc(-c3ccc(F)cc3)ccc2F)CCC1. The smallest absolute Gasteiger partial charge is 0.127 e. The molecular weight excluding hydrogens is 256 g/mol. The molecule has 0 atom stereocenters. The second kappa shape index (κ2) is 4.98. The number of rotatable bonds is 3. The van der Waals surface area contributed by atoms with E-state index < -0.39 is 0 Å². The van der Waals surface area contributed by atoms with Gasteiger partial charge >= 0.3 is 0 Å². The summed E-state index contributed by atoms with van der Waals surface area (Å²) in [6.07, 6.45) is 2.97. The van der Waals surface area contributed by atoms with Gasteiger partial charge in [0.15, 0.2) is 0 Å². The molecule has 0 amide bonds. The molecule has 0 aliphatic heterocycles. The van der Waals surface area contributed by atoms with Crippen molar-refractivity contribution in [1.82, 2.24) is 0 Å². The minimum atomic E-state index is -0.270. The Kier molecular flexibility index (Phi) is 3.30. The first-order valence-electron chi connectivity index (χ1n) is 6.91. The summed E-state index contributed by atoms with van der Waals surface area (Å²) in [5.41, 5.74) is 8.15. The van der Waals surface area contributed by atoms with E-state index in [2.05, 4.69) is 0 Å². The molecule has 1 aliphatic carbocycles. The Labute approximate surface area is 117 Å². The summed E-state index contributed by atoms with van der Waals surface area (Å²) in [5, 5.41) is 0. The molecule has 0 radical (unpaired) electrons. The molecule has 3 rings (SSSR count). The molecule has 2 aromatic rings. The third-order valence-electron chi connectivity index (χ3n) is 4.42. The lowest BCUT2D eigenvalue weighted by Gasteiger charge is -2.41. The minimum Gasteiger partial charge on any atom is -0.330 e. The summed E-state index contributed by atoms with van der Waals surface area (Å²) in [6.45, 7) is 0.469. The quantitative estimate of drug-likeness (QED) is 0.898. The summed E-state index contributed by atoms with van der Waals surface area (Å²) < 4.78 is 27.1. The van der Waals surface area contributed by atoms with E-state index in [0.717, 1.165) is 30.4 Å². The number of benzene rings is 2. The highest BCUT2D eigenvalue weighted by atomic mass is 19.1. The first kappa shape index (κ1) is 13.3. The first-order valence-corrected chi connectivity index (χ1v) is 6.91. The van der Waals surface area contributed by atoms with Gasteiger partial charge < -0.3 is 5.73 Å². The molecule has 1 saturated carbocycles. The predicted molar refractivity (Wildman–Crippen MR) is 76.4 cm³/mol. The molecule has 20 heavy (non-hydrogen) atoms. The van der Waals surface area contributed by atoms with Gasteiger partial charge in [-0.2, -0.15) is 0 Å². The van der Waals surface area contributed by atoms with Crippen LogP contribution in [0.2, 0.25) is 0 Å². The molecule has 2 N–H and O–H groups in total. The molecule has 0 aromatic heterocycles. The second-order valence-electron chi connectivity index (χ2n) is 5.54. The van der Waals surface area contributed by atoms with E-state index in [4.69, 9.17) is 5.73 Å². The van der Waals surface area contributed by atoms with Crippen molar-refractivity contribution in [1.29, 1.82) is 0 Å². The molecule has 1 nitrogen and oxygen atoms in total. The Balaban J connectivity index is 2.04. The third kappa shape index (κ3) is 2.12. The fourth-order valence-electron chi connectivity index (χ4n) is 2.94. The van der Waals surface area contributed by atoms with Crippen LogP contribution in [-0.2, 0) is 5.41 Å². The van der Waals surface area contributed by atoms with Crippen LogP contribution in [0.1, 0.15) is 24.8 Å². The van der Waals surface area contributed by atoms with Crippen LogP contribution in [0.15, 0.2) is 42.5 Å². The van der Waals surface area contributed by atoms with Crippen molar-refractivity contribution in [3.05, 3.63) is 59.7 Å². The van der Waals surface area contributed by atoms with Crippen molar-refractivity contribution >= 4 is 0 Å². The van der Waals surface area contributed by atoms with Gasteiger partial charge in [0, 0.05) is 12.0 Å². The molecule has 2 aromatic carbocycles. The van der Waals surface area contributed by atoms with Crippen LogP contribution in [0.4, 0.5) is 8.78 Å². The number of halogens is 2. The summed E-state index contributed by atoms with van der Waals surface area (Å²) >= 11 is 0. The molecule has 1 fully saturated rings. The van der Waals surface area contributed by atoms with E-state index in [1.807, 2.05) is 6.07 Å². The van der Waals surface area contributed by atoms with Crippen molar-refractivity contribution in [2.45, 2.75) is 24.7 Å². The highest BCUT2D eigenvalue weighted by molar-refractivity contribution is 5.64. The molecule has 0 bridgehead atoms. The normalized spacial score (nSPS) is 16.8. The van der Waals surface area contributed by atoms with E-state index in [9.17, 15) is 8.78 Å². The fourth-order valence-corrected chi connectivity index (χ4v) is 2.94. The third-order valence-corrected chi connectivity index (χ3v) is 4.42. The zero-order valence-corrected chi connectivity index (χ0v) is 11.2. The molecule has 0 unspecified atom stereocenters. The van der Waals surface area contributed by atoms with Crippen LogP contribution in [-0.4, -0.2) is 6.54 Å². The van der Waals surface area contributed by atoms with Crippen molar-refractivity contribution in [3.63, 3.8) is 0 Å². The fraction of sp³-hybridized carbons (Fsp3) is 0.294. The highest BCUT2D eigenvalue weighted by Crippen LogP contribution is 2.44. The van der Waals surface area contributed by atoms with Gasteiger partial charge in [0.05, 0.1) is 0 Å². The van der Waals surface area contributed by atoms with Gasteiger partial charge in [0.1, 0.15) is 11.6 Å². The average molecular weight is 273 g/mol. The second-order valence-corrected chi connectivity index (χ2v) is 5.54. The lowest BCUT2D eigenvalue weighted by Crippen LogP contribution is -2.42. The zero-order valence-electron chi connectivity index (χ0n) is 11.2. The van der Waals surface area contributed by atoms with E-state index >= 15 is 0 Å². The molecule has 104 valence electrons. The average Bonchev–Trinajstić information content (AvgIpc) is 2.41. The van der Waals surface area contributed by atoms with Gasteiger partial charge in [-0.1, -0.05) is 24.6 Å². The van der Waals surface area contributed by atoms with E-state index in [1.165, 1.54) is 18.2 Å². The van der Waals surface area contributed by atoms with Crippen molar-refractivity contribution in [2.24, 2.45) is 5.73 Å². The van der Waals surface area contributed by atoms with Gasteiger partial charge in [-0.25, -0.2) is 8.78 Å². The Hall–Kier alpha value is -1.74. The lowest BCUT2D eigenvalue weighted by molar-refractivity contribution is 0.245. The first-order chi connectivity index (χ1) is 9.64. The van der Waals surface area contributed by atoms with Gasteiger partial charge in [-0.15, -0.1) is 0 Å². The lowest BCUT2D eigenvalue weighted by atomic mass is 9.64. The molecule has 0 saturated heterocycles. The van der Waals surface area contributed by atoms with Crippen molar-refractivity contribution in [2.75, 3.05) is 6.54 Å². The van der Waals surface area contributed by atoms with E-state index in [0.29, 0.717) is 12.1 Å². The molecule has 0 spiro atoms. The molecular formula is C17H17F2N. The summed E-state index contributed by atoms with van der Waals surface area (Å²) in [6, 6.07) is 11.3. The number of nitrogens with two attached hydrogens (primary N) is 1. The maximum atomic E-state index is 14.1. The summed E-state index contributed by atoms with van der Waals surface area (Å²) in [7, 11) is 0. The predicted octanol–water partition coefficient (Wildman–Crippen LogP) is 4.01. The Morgan fingerprint density at radius 3 is 2.15 bits per heavy atom. The zero-order chi connectivity index (χ0) is 14.2. The van der Waals surface area contributed by atoms with Crippen molar-refractivity contribution < 1.29 is 8.78 Å². The monoisotopic (exact) mass is 273 g/mol. The van der Waals surface area contributed by atoms with Crippen LogP contribution >= 0.6 is 0 Å². The molecule has 3 heteroatoms. The summed E-state index contributed by atoms with van der Waals surface area (Å²) in [4.78, 5) is 0. The van der Waals surface area contributed by atoms with Crippen molar-refractivity contribution in [3.8, 4) is 11.1 Å². The van der Waals surface area contributed by atoms with E-state index in [-0.39, 0.29) is 17.0 Å². The topological polar surface area (TPSA) is 26.0 Å². The minimum absolute atomic E-state index is 0.194. The standard InChI is InChI=1S/C17H17F2N/c18-14-5-2-12(3-6-14)13-4-7-16(19)15(10-13)17(11-20)8-1-9-17/h2-7,10H,1,8-9,11,20H2. The van der Waals surface area contributed by atoms with Gasteiger partial charge in [-0.3, -0.25) is 0 Å². The van der Waals surface area contributed by atoms with Crippen LogP contribution in [0.5, 0.6) is 0 Å². The molecule has 0 heterocycles. The maximum Gasteiger partial charge on any atom is 0.127 e. The van der Waals surface area contributed by atoms with Gasteiger partial charge in [-0.05, 0) is 53.8 Å². The Morgan fingerprint density at radius 1 is 0.950 bits per heavy atom.